The Kier molecular flexibility index (Phi) is 6.27. The first-order valence-corrected chi connectivity index (χ1v) is 21.0. The van der Waals surface area contributed by atoms with Gasteiger partial charge in [-0.05, 0) is 51.2 Å². The first kappa shape index (κ1) is 26.8. The molecule has 6 aromatic rings. The number of anilines is 3. The molecule has 0 atom stereocenters. The van der Waals surface area contributed by atoms with Crippen LogP contribution in [0.2, 0.25) is 39.3 Å². The van der Waals surface area contributed by atoms with E-state index >= 15 is 0 Å². The van der Waals surface area contributed by atoms with Crippen molar-refractivity contribution in [1.29, 1.82) is 0 Å². The van der Waals surface area contributed by atoms with E-state index in [-0.39, 0.29) is 0 Å². The van der Waals surface area contributed by atoms with Gasteiger partial charge in [0.1, 0.15) is 0 Å². The lowest BCUT2D eigenvalue weighted by Crippen LogP contribution is -2.45. The first-order chi connectivity index (χ1) is 19.5. The van der Waals surface area contributed by atoms with E-state index in [1.807, 2.05) is 12.1 Å². The molecule has 0 saturated heterocycles. The molecule has 6 aromatic carbocycles. The lowest BCUT2D eigenvalue weighted by molar-refractivity contribution is 1.31. The van der Waals surface area contributed by atoms with Crippen molar-refractivity contribution in [3.8, 4) is 0 Å². The van der Waals surface area contributed by atoms with Gasteiger partial charge in [0.25, 0.3) is 0 Å². The van der Waals surface area contributed by atoms with Crippen LogP contribution in [0.5, 0.6) is 0 Å². The summed E-state index contributed by atoms with van der Waals surface area (Å²) >= 11 is 0. The van der Waals surface area contributed by atoms with Gasteiger partial charge in [-0.15, -0.1) is 0 Å². The summed E-state index contributed by atoms with van der Waals surface area (Å²) in [5.74, 6) is 0. The maximum Gasteiger partial charge on any atom is 0.196 e. The molecule has 0 radical (unpaired) electrons. The Morgan fingerprint density at radius 3 is 1.68 bits per heavy atom. The fourth-order valence-corrected chi connectivity index (χ4v) is 8.27. The summed E-state index contributed by atoms with van der Waals surface area (Å²) in [5, 5.41) is 10.3. The molecule has 0 bridgehead atoms. The molecule has 3 nitrogen and oxygen atoms in total. The third kappa shape index (κ3) is 4.58. The van der Waals surface area contributed by atoms with Gasteiger partial charge in [0.15, 0.2) is 11.4 Å². The average molecular weight is 564 g/mol. The molecule has 0 heterocycles. The molecule has 0 amide bonds. The van der Waals surface area contributed by atoms with Crippen LogP contribution in [0.15, 0.2) is 91.0 Å². The molecular formula is C36H33N3Si2. The lowest BCUT2D eigenvalue weighted by Gasteiger charge is -2.31. The van der Waals surface area contributed by atoms with Crippen molar-refractivity contribution < 1.29 is 0 Å². The van der Waals surface area contributed by atoms with E-state index in [1.165, 1.54) is 42.7 Å². The molecule has 0 N–H and O–H groups in total. The molecule has 6 rings (SSSR count). The summed E-state index contributed by atoms with van der Waals surface area (Å²) in [7, 11) is -3.31. The van der Waals surface area contributed by atoms with Crippen LogP contribution in [0.25, 0.3) is 42.0 Å². The average Bonchev–Trinajstić information content (AvgIpc) is 2.95. The summed E-state index contributed by atoms with van der Waals surface area (Å²) in [6, 6.07) is 32.7. The van der Waals surface area contributed by atoms with Crippen molar-refractivity contribution >= 4 is 87.3 Å². The van der Waals surface area contributed by atoms with Crippen molar-refractivity contribution in [2.24, 2.45) is 0 Å². The smallest absolute Gasteiger partial charge is 0.196 e. The SMILES string of the molecule is [C-]#[N+]c1ccc(N(c2cc([Si](C)(C)C)cc([Si](C)(C)C)c2)c2ccc3ccc4cccc5ccc2c3c45)cc1[N+]#[C-]. The minimum Gasteiger partial charge on any atom is -0.311 e. The van der Waals surface area contributed by atoms with E-state index in [4.69, 9.17) is 13.1 Å². The van der Waals surface area contributed by atoms with Crippen LogP contribution < -0.4 is 15.3 Å². The number of rotatable bonds is 5. The zero-order chi connectivity index (χ0) is 29.1. The molecule has 0 saturated carbocycles. The molecule has 41 heavy (non-hydrogen) atoms. The van der Waals surface area contributed by atoms with E-state index in [1.54, 1.807) is 6.07 Å². The van der Waals surface area contributed by atoms with Gasteiger partial charge >= 0.3 is 0 Å². The molecular weight excluding hydrogens is 531 g/mol. The maximum absolute atomic E-state index is 7.81. The van der Waals surface area contributed by atoms with Crippen LogP contribution in [0.1, 0.15) is 0 Å². The van der Waals surface area contributed by atoms with Crippen molar-refractivity contribution in [3.63, 3.8) is 0 Å². The van der Waals surface area contributed by atoms with Gasteiger partial charge in [0, 0.05) is 16.8 Å². The molecule has 0 unspecified atom stereocenters. The number of benzene rings is 6. The van der Waals surface area contributed by atoms with Gasteiger partial charge in [-0.25, -0.2) is 0 Å². The second kappa shape index (κ2) is 9.59. The fraction of sp³-hybridized carbons (Fsp3) is 0.167. The summed E-state index contributed by atoms with van der Waals surface area (Å²) in [6.45, 7) is 29.8. The van der Waals surface area contributed by atoms with E-state index in [9.17, 15) is 0 Å². The predicted molar refractivity (Wildman–Crippen MR) is 183 cm³/mol. The molecule has 0 aliphatic carbocycles. The molecule has 200 valence electrons. The van der Waals surface area contributed by atoms with Crippen molar-refractivity contribution in [2.45, 2.75) is 39.3 Å². The summed E-state index contributed by atoms with van der Waals surface area (Å²) < 4.78 is 0. The third-order valence-corrected chi connectivity index (χ3v) is 12.2. The van der Waals surface area contributed by atoms with Crippen LogP contribution in [0.3, 0.4) is 0 Å². The first-order valence-electron chi connectivity index (χ1n) is 14.0. The highest BCUT2D eigenvalue weighted by atomic mass is 28.3. The van der Waals surface area contributed by atoms with Gasteiger partial charge in [-0.1, -0.05) is 116 Å². The van der Waals surface area contributed by atoms with Gasteiger partial charge in [0.05, 0.1) is 35.0 Å². The van der Waals surface area contributed by atoms with Gasteiger partial charge in [0.2, 0.25) is 0 Å². The van der Waals surface area contributed by atoms with E-state index in [0.717, 1.165) is 17.1 Å². The Morgan fingerprint density at radius 2 is 1.10 bits per heavy atom. The lowest BCUT2D eigenvalue weighted by atomic mass is 9.93. The predicted octanol–water partition coefficient (Wildman–Crippen LogP) is 10.2. The van der Waals surface area contributed by atoms with E-state index in [0.29, 0.717) is 11.4 Å². The molecule has 0 aliphatic heterocycles. The van der Waals surface area contributed by atoms with Crippen molar-refractivity contribution in [1.82, 2.24) is 0 Å². The molecule has 0 aromatic heterocycles. The Morgan fingerprint density at radius 1 is 0.537 bits per heavy atom. The zero-order valence-corrected chi connectivity index (χ0v) is 26.5. The van der Waals surface area contributed by atoms with Gasteiger partial charge < -0.3 is 4.90 Å². The highest BCUT2D eigenvalue weighted by Crippen LogP contribution is 2.45. The highest BCUT2D eigenvalue weighted by molar-refractivity contribution is 6.91. The van der Waals surface area contributed by atoms with Crippen LogP contribution in [-0.4, -0.2) is 16.1 Å². The largest absolute Gasteiger partial charge is 0.311 e. The van der Waals surface area contributed by atoms with Crippen LogP contribution in [0, 0.1) is 13.1 Å². The standard InChI is InChI=1S/C36H33N3Si2/c1-37-32-18-16-27(22-33(32)38-2)39(28-20-29(40(3,4)5)23-30(21-28)41(6,7)8)34-19-15-26-13-12-24-10-9-11-25-14-17-31(34)36(26)35(24)25/h9-23H,3-8H3. The normalized spacial score (nSPS) is 12.1. The van der Waals surface area contributed by atoms with E-state index < -0.39 is 16.1 Å². The zero-order valence-electron chi connectivity index (χ0n) is 24.5. The summed E-state index contributed by atoms with van der Waals surface area (Å²) in [5.41, 5.74) is 3.86. The Hall–Kier alpha value is -4.43. The maximum atomic E-state index is 7.81. The number of nitrogens with zero attached hydrogens (tertiary/aromatic N) is 3. The monoisotopic (exact) mass is 563 g/mol. The van der Waals surface area contributed by atoms with Crippen LogP contribution in [-0.2, 0) is 0 Å². The third-order valence-electron chi connectivity index (χ3n) is 8.11. The molecule has 0 aliphatic rings. The second-order valence-electron chi connectivity index (χ2n) is 12.9. The highest BCUT2D eigenvalue weighted by Gasteiger charge is 2.26. The topological polar surface area (TPSA) is 12.0 Å². The minimum absolute atomic E-state index is 0.381. The summed E-state index contributed by atoms with van der Waals surface area (Å²) in [4.78, 5) is 9.67. The van der Waals surface area contributed by atoms with Gasteiger partial charge in [-0.3, -0.25) is 9.69 Å². The van der Waals surface area contributed by atoms with Crippen molar-refractivity contribution in [3.05, 3.63) is 114 Å². The molecule has 0 spiro atoms. The Bertz CT molecular complexity index is 2000. The molecule has 0 fully saturated rings. The fourth-order valence-electron chi connectivity index (χ4n) is 5.78. The number of hydrogen-bond acceptors (Lipinski definition) is 1. The summed E-state index contributed by atoms with van der Waals surface area (Å²) in [6.07, 6.45) is 0. The Labute approximate surface area is 244 Å². The minimum atomic E-state index is -1.65. The molecule has 5 heteroatoms. The van der Waals surface area contributed by atoms with Crippen molar-refractivity contribution in [2.75, 3.05) is 4.90 Å². The van der Waals surface area contributed by atoms with Crippen LogP contribution in [0.4, 0.5) is 28.4 Å². The van der Waals surface area contributed by atoms with E-state index in [2.05, 4.69) is 127 Å². The Balaban J connectivity index is 1.73. The second-order valence-corrected chi connectivity index (χ2v) is 23.1. The van der Waals surface area contributed by atoms with Crippen LogP contribution >= 0.6 is 0 Å². The van der Waals surface area contributed by atoms with Gasteiger partial charge in [-0.2, -0.15) is 0 Å². The number of hydrogen-bond donors (Lipinski definition) is 0. The quantitative estimate of drug-likeness (QED) is 0.115.